The Bertz CT molecular complexity index is 1210. The summed E-state index contributed by atoms with van der Waals surface area (Å²) in [7, 11) is 0. The number of carbonyl (C=O) groups excluding carboxylic acids is 1. The van der Waals surface area contributed by atoms with E-state index in [9.17, 15) is 25.0 Å². The second-order valence-corrected chi connectivity index (χ2v) is 7.67. The minimum atomic E-state index is -0.540. The van der Waals surface area contributed by atoms with Gasteiger partial charge in [0.15, 0.2) is 0 Å². The van der Waals surface area contributed by atoms with Crippen molar-refractivity contribution in [1.29, 1.82) is 0 Å². The Hall–Kier alpha value is -4.12. The van der Waals surface area contributed by atoms with E-state index in [1.54, 1.807) is 36.4 Å². The lowest BCUT2D eigenvalue weighted by molar-refractivity contribution is -0.385. The third-order valence-corrected chi connectivity index (χ3v) is 4.94. The van der Waals surface area contributed by atoms with Crippen LogP contribution in [-0.2, 0) is 17.8 Å². The van der Waals surface area contributed by atoms with Crippen molar-refractivity contribution in [1.82, 2.24) is 5.43 Å². The highest BCUT2D eigenvalue weighted by Gasteiger charge is 2.15. The average Bonchev–Trinajstić information content (AvgIpc) is 2.79. The number of non-ortho nitro benzene ring substituents is 1. The number of hydrogen-bond donors (Lipinski definition) is 1. The molecule has 1 N–H and O–H groups in total. The van der Waals surface area contributed by atoms with Crippen molar-refractivity contribution >= 4 is 39.4 Å². The SMILES string of the molecule is O=C(Cc1ccccc1[N+](=O)[O-])N/N=C/c1cc(Br)ccc1OCc1ccc([N+](=O)[O-])cc1. The lowest BCUT2D eigenvalue weighted by Gasteiger charge is -2.10. The third kappa shape index (κ3) is 6.68. The van der Waals surface area contributed by atoms with E-state index in [0.717, 1.165) is 10.0 Å². The summed E-state index contributed by atoms with van der Waals surface area (Å²) in [5, 5.41) is 25.8. The van der Waals surface area contributed by atoms with Gasteiger partial charge in [-0.1, -0.05) is 34.1 Å². The maximum atomic E-state index is 12.2. The van der Waals surface area contributed by atoms with E-state index in [2.05, 4.69) is 26.5 Å². The molecule has 0 saturated heterocycles. The van der Waals surface area contributed by atoms with Crippen molar-refractivity contribution in [3.8, 4) is 5.75 Å². The molecule has 0 bridgehead atoms. The first-order valence-corrected chi connectivity index (χ1v) is 10.3. The number of amides is 1. The van der Waals surface area contributed by atoms with Gasteiger partial charge in [0, 0.05) is 33.8 Å². The van der Waals surface area contributed by atoms with E-state index in [-0.39, 0.29) is 30.0 Å². The molecule has 33 heavy (non-hydrogen) atoms. The average molecular weight is 513 g/mol. The van der Waals surface area contributed by atoms with Crippen LogP contribution in [-0.4, -0.2) is 22.0 Å². The number of benzene rings is 3. The highest BCUT2D eigenvalue weighted by atomic mass is 79.9. The summed E-state index contributed by atoms with van der Waals surface area (Å²) in [4.78, 5) is 33.0. The lowest BCUT2D eigenvalue weighted by atomic mass is 10.1. The predicted molar refractivity (Wildman–Crippen MR) is 124 cm³/mol. The number of halogens is 1. The van der Waals surface area contributed by atoms with Crippen LogP contribution >= 0.6 is 15.9 Å². The molecule has 3 aromatic rings. The zero-order chi connectivity index (χ0) is 23.8. The molecular weight excluding hydrogens is 496 g/mol. The minimum absolute atomic E-state index is 0.00760. The lowest BCUT2D eigenvalue weighted by Crippen LogP contribution is -2.20. The number of nitro groups is 2. The molecule has 0 aliphatic heterocycles. The van der Waals surface area contributed by atoms with Gasteiger partial charge in [0.05, 0.1) is 22.5 Å². The van der Waals surface area contributed by atoms with Gasteiger partial charge in [0.1, 0.15) is 12.4 Å². The van der Waals surface area contributed by atoms with Gasteiger partial charge in [0.25, 0.3) is 11.4 Å². The molecule has 0 heterocycles. The van der Waals surface area contributed by atoms with Gasteiger partial charge in [-0.2, -0.15) is 5.10 Å². The van der Waals surface area contributed by atoms with Crippen molar-refractivity contribution in [2.24, 2.45) is 5.10 Å². The number of carbonyl (C=O) groups is 1. The van der Waals surface area contributed by atoms with Crippen molar-refractivity contribution in [2.45, 2.75) is 13.0 Å². The van der Waals surface area contributed by atoms with E-state index in [1.807, 2.05) is 0 Å². The maximum absolute atomic E-state index is 12.2. The molecule has 0 spiro atoms. The van der Waals surface area contributed by atoms with Crippen LogP contribution < -0.4 is 10.2 Å². The van der Waals surface area contributed by atoms with Gasteiger partial charge >= 0.3 is 0 Å². The highest BCUT2D eigenvalue weighted by Crippen LogP contribution is 2.23. The molecule has 0 aliphatic rings. The summed E-state index contributed by atoms with van der Waals surface area (Å²) < 4.78 is 6.57. The summed E-state index contributed by atoms with van der Waals surface area (Å²) in [6.07, 6.45) is 1.20. The largest absolute Gasteiger partial charge is 0.488 e. The fourth-order valence-electron chi connectivity index (χ4n) is 2.85. The Kier molecular flexibility index (Phi) is 7.82. The van der Waals surface area contributed by atoms with E-state index < -0.39 is 15.8 Å². The normalized spacial score (nSPS) is 10.7. The molecule has 1 amide bonds. The van der Waals surface area contributed by atoms with Crippen molar-refractivity contribution < 1.29 is 19.4 Å². The zero-order valence-electron chi connectivity index (χ0n) is 17.0. The zero-order valence-corrected chi connectivity index (χ0v) is 18.6. The van der Waals surface area contributed by atoms with E-state index in [4.69, 9.17) is 4.74 Å². The molecule has 11 heteroatoms. The van der Waals surface area contributed by atoms with Gasteiger partial charge < -0.3 is 4.74 Å². The molecule has 0 fully saturated rings. The second-order valence-electron chi connectivity index (χ2n) is 6.75. The van der Waals surface area contributed by atoms with Crippen LogP contribution in [0.25, 0.3) is 0 Å². The number of rotatable bonds is 9. The number of nitro benzene ring substituents is 2. The Morgan fingerprint density at radius 3 is 2.45 bits per heavy atom. The van der Waals surface area contributed by atoms with Gasteiger partial charge in [-0.3, -0.25) is 25.0 Å². The fraction of sp³-hybridized carbons (Fsp3) is 0.0909. The summed E-state index contributed by atoms with van der Waals surface area (Å²) >= 11 is 3.37. The third-order valence-electron chi connectivity index (χ3n) is 4.45. The molecule has 0 unspecified atom stereocenters. The first-order valence-electron chi connectivity index (χ1n) is 9.53. The molecule has 0 saturated carbocycles. The van der Waals surface area contributed by atoms with Gasteiger partial charge in [0.2, 0.25) is 5.91 Å². The summed E-state index contributed by atoms with van der Waals surface area (Å²) in [5.74, 6) is -0.0304. The number of ether oxygens (including phenoxy) is 1. The van der Waals surface area contributed by atoms with E-state index >= 15 is 0 Å². The smallest absolute Gasteiger partial charge is 0.273 e. The Balaban J connectivity index is 1.64. The first-order chi connectivity index (χ1) is 15.8. The molecular formula is C22H17BrN4O6. The monoisotopic (exact) mass is 512 g/mol. The number of nitrogens with zero attached hydrogens (tertiary/aromatic N) is 3. The Morgan fingerprint density at radius 1 is 1.03 bits per heavy atom. The summed E-state index contributed by atoms with van der Waals surface area (Å²) in [5.41, 5.74) is 3.80. The molecule has 3 aromatic carbocycles. The maximum Gasteiger partial charge on any atom is 0.273 e. The number of hydrogen-bond acceptors (Lipinski definition) is 7. The Labute approximate surface area is 196 Å². The van der Waals surface area contributed by atoms with E-state index in [0.29, 0.717) is 11.3 Å². The second kappa shape index (κ2) is 11.0. The molecule has 0 atom stereocenters. The summed E-state index contributed by atoms with van der Waals surface area (Å²) in [6, 6.07) is 17.2. The van der Waals surface area contributed by atoms with Crippen LogP contribution in [0.5, 0.6) is 5.75 Å². The molecule has 3 rings (SSSR count). The van der Waals surface area contributed by atoms with Gasteiger partial charge in [-0.05, 0) is 35.9 Å². The van der Waals surface area contributed by atoms with Crippen LogP contribution in [0.3, 0.4) is 0 Å². The van der Waals surface area contributed by atoms with E-state index in [1.165, 1.54) is 36.5 Å². The minimum Gasteiger partial charge on any atom is -0.488 e. The first kappa shape index (κ1) is 23.5. The van der Waals surface area contributed by atoms with Crippen LogP contribution in [0.1, 0.15) is 16.7 Å². The number of hydrazone groups is 1. The quantitative estimate of drug-likeness (QED) is 0.254. The molecule has 0 aliphatic carbocycles. The van der Waals surface area contributed by atoms with Crippen molar-refractivity contribution in [3.63, 3.8) is 0 Å². The predicted octanol–water partition coefficient (Wildman–Crippen LogP) is 4.54. The molecule has 0 radical (unpaired) electrons. The fourth-order valence-corrected chi connectivity index (χ4v) is 3.23. The molecule has 10 nitrogen and oxygen atoms in total. The summed E-state index contributed by atoms with van der Waals surface area (Å²) in [6.45, 7) is 0.171. The Morgan fingerprint density at radius 2 is 1.76 bits per heavy atom. The standard InChI is InChI=1S/C22H17BrN4O6/c23-18-7-10-21(33-14-15-5-8-19(9-6-15)26(29)30)17(11-18)13-24-25-22(28)12-16-3-1-2-4-20(16)27(31)32/h1-11,13H,12,14H2,(H,25,28)/b24-13+. The van der Waals surface area contributed by atoms with Gasteiger partial charge in [-0.25, -0.2) is 5.43 Å². The van der Waals surface area contributed by atoms with Crippen LogP contribution in [0.15, 0.2) is 76.3 Å². The van der Waals surface area contributed by atoms with Crippen LogP contribution in [0.4, 0.5) is 11.4 Å². The van der Waals surface area contributed by atoms with Crippen LogP contribution in [0, 0.1) is 20.2 Å². The number of nitrogens with one attached hydrogen (secondary N) is 1. The highest BCUT2D eigenvalue weighted by molar-refractivity contribution is 9.10. The number of para-hydroxylation sites is 1. The van der Waals surface area contributed by atoms with Crippen molar-refractivity contribution in [2.75, 3.05) is 0 Å². The molecule has 168 valence electrons. The van der Waals surface area contributed by atoms with Gasteiger partial charge in [-0.15, -0.1) is 0 Å². The molecule has 0 aromatic heterocycles. The van der Waals surface area contributed by atoms with Crippen molar-refractivity contribution in [3.05, 3.63) is 108 Å². The van der Waals surface area contributed by atoms with Crippen LogP contribution in [0.2, 0.25) is 0 Å². The topological polar surface area (TPSA) is 137 Å².